The molecule has 2 aromatic rings. The summed E-state index contributed by atoms with van der Waals surface area (Å²) in [5.41, 5.74) is 4.97. The summed E-state index contributed by atoms with van der Waals surface area (Å²) in [6.07, 6.45) is 1.44. The number of hydrogen-bond donors (Lipinski definition) is 2. The number of amidine groups is 1. The van der Waals surface area contributed by atoms with Gasteiger partial charge in [-0.05, 0) is 12.1 Å². The SMILES string of the molecule is O=C(/C=C1/CONC(c2ccccc2)=N1)Nc1ccccc1. The summed E-state index contributed by atoms with van der Waals surface area (Å²) in [5, 5.41) is 2.78. The van der Waals surface area contributed by atoms with Gasteiger partial charge in [-0.1, -0.05) is 48.5 Å². The Balaban J connectivity index is 1.75. The summed E-state index contributed by atoms with van der Waals surface area (Å²) >= 11 is 0. The molecule has 2 aromatic carbocycles. The maximum atomic E-state index is 12.0. The summed E-state index contributed by atoms with van der Waals surface area (Å²) in [7, 11) is 0. The molecule has 110 valence electrons. The van der Waals surface area contributed by atoms with Crippen LogP contribution in [0.15, 0.2) is 77.4 Å². The zero-order valence-electron chi connectivity index (χ0n) is 11.8. The smallest absolute Gasteiger partial charge is 0.250 e. The fourth-order valence-electron chi connectivity index (χ4n) is 2.02. The molecule has 0 spiro atoms. The van der Waals surface area contributed by atoms with Gasteiger partial charge in [0, 0.05) is 17.3 Å². The molecule has 0 radical (unpaired) electrons. The predicted octanol–water partition coefficient (Wildman–Crippen LogP) is 2.49. The third-order valence-electron chi connectivity index (χ3n) is 3.03. The average Bonchev–Trinajstić information content (AvgIpc) is 2.57. The standard InChI is InChI=1S/C17H15N3O2/c21-16(18-14-9-5-2-6-10-14)11-15-12-22-20-17(19-15)13-7-3-1-4-8-13/h1-11H,12H2,(H,18,21)(H,19,20)/b15-11-. The van der Waals surface area contributed by atoms with Gasteiger partial charge >= 0.3 is 0 Å². The fourth-order valence-corrected chi connectivity index (χ4v) is 2.02. The molecule has 0 aliphatic carbocycles. The Labute approximate surface area is 128 Å². The number of hydroxylamine groups is 1. The number of hydrogen-bond acceptors (Lipinski definition) is 4. The van der Waals surface area contributed by atoms with Crippen LogP contribution < -0.4 is 10.8 Å². The molecule has 0 saturated carbocycles. The first kappa shape index (κ1) is 14.0. The van der Waals surface area contributed by atoms with E-state index in [2.05, 4.69) is 15.8 Å². The monoisotopic (exact) mass is 293 g/mol. The molecule has 5 nitrogen and oxygen atoms in total. The minimum absolute atomic E-state index is 0.233. The van der Waals surface area contributed by atoms with Crippen LogP contribution in [0.25, 0.3) is 0 Å². The lowest BCUT2D eigenvalue weighted by molar-refractivity contribution is -0.112. The Morgan fingerprint density at radius 3 is 2.50 bits per heavy atom. The largest absolute Gasteiger partial charge is 0.322 e. The molecule has 22 heavy (non-hydrogen) atoms. The van der Waals surface area contributed by atoms with Crippen molar-refractivity contribution in [3.05, 3.63) is 78.0 Å². The molecule has 0 atom stereocenters. The van der Waals surface area contributed by atoms with Crippen molar-refractivity contribution in [3.63, 3.8) is 0 Å². The van der Waals surface area contributed by atoms with Gasteiger partial charge in [0.05, 0.1) is 5.70 Å². The van der Waals surface area contributed by atoms with Gasteiger partial charge in [0.2, 0.25) is 5.91 Å². The highest BCUT2D eigenvalue weighted by atomic mass is 16.6. The van der Waals surface area contributed by atoms with Gasteiger partial charge in [-0.2, -0.15) is 0 Å². The van der Waals surface area contributed by atoms with E-state index >= 15 is 0 Å². The molecule has 1 heterocycles. The van der Waals surface area contributed by atoms with Gasteiger partial charge in [-0.15, -0.1) is 0 Å². The highest BCUT2D eigenvalue weighted by Gasteiger charge is 2.12. The van der Waals surface area contributed by atoms with Crippen molar-refractivity contribution in [2.45, 2.75) is 0 Å². The van der Waals surface area contributed by atoms with E-state index in [4.69, 9.17) is 4.84 Å². The second-order valence-electron chi connectivity index (χ2n) is 4.71. The highest BCUT2D eigenvalue weighted by molar-refractivity contribution is 6.02. The topological polar surface area (TPSA) is 62.7 Å². The Morgan fingerprint density at radius 1 is 1.09 bits per heavy atom. The van der Waals surface area contributed by atoms with E-state index in [-0.39, 0.29) is 12.5 Å². The van der Waals surface area contributed by atoms with Crippen LogP contribution in [0.2, 0.25) is 0 Å². The number of carbonyl (C=O) groups is 1. The number of benzene rings is 2. The van der Waals surface area contributed by atoms with E-state index < -0.39 is 0 Å². The molecular formula is C17H15N3O2. The predicted molar refractivity (Wildman–Crippen MR) is 85.2 cm³/mol. The lowest BCUT2D eigenvalue weighted by atomic mass is 10.2. The molecule has 0 aromatic heterocycles. The Bertz CT molecular complexity index is 709. The molecule has 0 saturated heterocycles. The summed E-state index contributed by atoms with van der Waals surface area (Å²) in [5.74, 6) is 0.355. The Morgan fingerprint density at radius 2 is 1.77 bits per heavy atom. The molecule has 0 fully saturated rings. The third kappa shape index (κ3) is 3.59. The Kier molecular flexibility index (Phi) is 4.27. The fraction of sp³-hybridized carbons (Fsp3) is 0.0588. The van der Waals surface area contributed by atoms with Crippen LogP contribution in [0.3, 0.4) is 0 Å². The molecule has 2 N–H and O–H groups in total. The van der Waals surface area contributed by atoms with Gasteiger partial charge in [0.15, 0.2) is 5.84 Å². The lowest BCUT2D eigenvalue weighted by Gasteiger charge is -2.16. The minimum atomic E-state index is -0.233. The molecule has 0 unspecified atom stereocenters. The maximum Gasteiger partial charge on any atom is 0.250 e. The number of nitrogens with one attached hydrogen (secondary N) is 2. The summed E-state index contributed by atoms with van der Waals surface area (Å²) < 4.78 is 0. The van der Waals surface area contributed by atoms with Crippen LogP contribution in [-0.2, 0) is 9.63 Å². The molecular weight excluding hydrogens is 278 g/mol. The number of amides is 1. The Hall–Kier alpha value is -2.92. The summed E-state index contributed by atoms with van der Waals surface area (Å²) in [6, 6.07) is 18.9. The number of nitrogens with zero attached hydrogens (tertiary/aromatic N) is 1. The van der Waals surface area contributed by atoms with Crippen molar-refractivity contribution in [2.24, 2.45) is 4.99 Å². The molecule has 1 aliphatic rings. The maximum absolute atomic E-state index is 12.0. The van der Waals surface area contributed by atoms with Crippen molar-refractivity contribution >= 4 is 17.4 Å². The summed E-state index contributed by atoms with van der Waals surface area (Å²) in [4.78, 5) is 21.7. The van der Waals surface area contributed by atoms with Crippen LogP contribution >= 0.6 is 0 Å². The van der Waals surface area contributed by atoms with Gasteiger partial charge in [0.1, 0.15) is 6.61 Å². The van der Waals surface area contributed by atoms with Crippen LogP contribution in [0, 0.1) is 0 Å². The number of aliphatic imine (C=N–C) groups is 1. The zero-order chi connectivity index (χ0) is 15.2. The van der Waals surface area contributed by atoms with Crippen molar-refractivity contribution in [2.75, 3.05) is 11.9 Å². The molecule has 1 amide bonds. The van der Waals surface area contributed by atoms with E-state index in [1.807, 2.05) is 60.7 Å². The number of rotatable bonds is 3. The van der Waals surface area contributed by atoms with Crippen molar-refractivity contribution < 1.29 is 9.63 Å². The first-order valence-corrected chi connectivity index (χ1v) is 6.90. The van der Waals surface area contributed by atoms with E-state index in [0.717, 1.165) is 11.3 Å². The summed E-state index contributed by atoms with van der Waals surface area (Å²) in [6.45, 7) is 0.235. The van der Waals surface area contributed by atoms with E-state index in [1.54, 1.807) is 0 Å². The highest BCUT2D eigenvalue weighted by Crippen LogP contribution is 2.10. The van der Waals surface area contributed by atoms with Gasteiger partial charge in [-0.3, -0.25) is 9.63 Å². The van der Waals surface area contributed by atoms with Crippen LogP contribution in [0.5, 0.6) is 0 Å². The average molecular weight is 293 g/mol. The normalized spacial score (nSPS) is 15.8. The quantitative estimate of drug-likeness (QED) is 0.855. The van der Waals surface area contributed by atoms with Gasteiger partial charge in [-0.25, -0.2) is 10.5 Å². The first-order valence-electron chi connectivity index (χ1n) is 6.90. The molecule has 5 heteroatoms. The van der Waals surface area contributed by atoms with Crippen LogP contribution in [0.1, 0.15) is 5.56 Å². The first-order chi connectivity index (χ1) is 10.8. The van der Waals surface area contributed by atoms with Crippen molar-refractivity contribution in [3.8, 4) is 0 Å². The van der Waals surface area contributed by atoms with Gasteiger partial charge in [0.25, 0.3) is 0 Å². The number of carbonyl (C=O) groups excluding carboxylic acids is 1. The van der Waals surface area contributed by atoms with Crippen molar-refractivity contribution in [1.29, 1.82) is 0 Å². The number of para-hydroxylation sites is 1. The second kappa shape index (κ2) is 6.69. The van der Waals surface area contributed by atoms with E-state index in [9.17, 15) is 4.79 Å². The molecule has 0 bridgehead atoms. The van der Waals surface area contributed by atoms with Crippen LogP contribution in [-0.4, -0.2) is 18.3 Å². The molecule has 1 aliphatic heterocycles. The van der Waals surface area contributed by atoms with Gasteiger partial charge < -0.3 is 5.32 Å². The lowest BCUT2D eigenvalue weighted by Crippen LogP contribution is -2.30. The third-order valence-corrected chi connectivity index (χ3v) is 3.03. The minimum Gasteiger partial charge on any atom is -0.322 e. The van der Waals surface area contributed by atoms with E-state index in [1.165, 1.54) is 6.08 Å². The van der Waals surface area contributed by atoms with E-state index in [0.29, 0.717) is 11.5 Å². The molecule has 3 rings (SSSR count). The van der Waals surface area contributed by atoms with Crippen LogP contribution in [0.4, 0.5) is 5.69 Å². The number of anilines is 1. The van der Waals surface area contributed by atoms with Crippen molar-refractivity contribution in [1.82, 2.24) is 5.48 Å². The zero-order valence-corrected chi connectivity index (χ0v) is 11.8. The second-order valence-corrected chi connectivity index (χ2v) is 4.71.